The number of ether oxygens (including phenoxy) is 2. The van der Waals surface area contributed by atoms with Crippen molar-refractivity contribution < 1.29 is 14.6 Å². The number of rotatable bonds is 5. The van der Waals surface area contributed by atoms with Crippen LogP contribution in [0.5, 0.6) is 11.6 Å². The molecule has 1 aromatic carbocycles. The second kappa shape index (κ2) is 6.10. The molecule has 1 aliphatic heterocycles. The first-order chi connectivity index (χ1) is 10.3. The molecule has 5 heteroatoms. The van der Waals surface area contributed by atoms with E-state index in [2.05, 4.69) is 22.1 Å². The first kappa shape index (κ1) is 13.8. The topological polar surface area (TPSA) is 64.5 Å². The Balaban J connectivity index is 1.64. The van der Waals surface area contributed by atoms with E-state index < -0.39 is 6.10 Å². The predicted octanol–water partition coefficient (Wildman–Crippen LogP) is 2.09. The van der Waals surface area contributed by atoms with Gasteiger partial charge in [-0.25, -0.2) is 9.97 Å². The third kappa shape index (κ3) is 3.13. The van der Waals surface area contributed by atoms with Gasteiger partial charge in [-0.2, -0.15) is 0 Å². The summed E-state index contributed by atoms with van der Waals surface area (Å²) in [5.41, 5.74) is 3.05. The lowest BCUT2D eigenvalue weighted by molar-refractivity contribution is 0.162. The van der Waals surface area contributed by atoms with Crippen LogP contribution in [0, 0.1) is 0 Å². The molecular formula is C16H18N2O3. The van der Waals surface area contributed by atoms with Crippen LogP contribution in [-0.4, -0.2) is 28.8 Å². The van der Waals surface area contributed by atoms with Crippen LogP contribution in [0.15, 0.2) is 30.6 Å². The number of hydrogen-bond acceptors (Lipinski definition) is 5. The average molecular weight is 286 g/mol. The molecule has 3 rings (SSSR count). The molecular weight excluding hydrogens is 268 g/mol. The largest absolute Gasteiger partial charge is 0.493 e. The number of fused-ring (bicyclic) bond motifs is 1. The number of benzene rings is 1. The van der Waals surface area contributed by atoms with Crippen LogP contribution in [-0.2, 0) is 12.8 Å². The van der Waals surface area contributed by atoms with E-state index in [0.717, 1.165) is 25.2 Å². The number of aliphatic hydroxyl groups excluding tert-OH is 1. The Labute approximate surface area is 123 Å². The van der Waals surface area contributed by atoms with Crippen molar-refractivity contribution in [3.8, 4) is 11.6 Å². The lowest BCUT2D eigenvalue weighted by atomic mass is 10.0. The van der Waals surface area contributed by atoms with Gasteiger partial charge in [-0.3, -0.25) is 0 Å². The minimum Gasteiger partial charge on any atom is -0.493 e. The maximum Gasteiger partial charge on any atom is 0.216 e. The lowest BCUT2D eigenvalue weighted by Gasteiger charge is -2.11. The van der Waals surface area contributed by atoms with Crippen molar-refractivity contribution in [1.82, 2.24) is 9.97 Å². The maximum atomic E-state index is 10.2. The van der Waals surface area contributed by atoms with Crippen molar-refractivity contribution in [2.45, 2.75) is 25.4 Å². The summed E-state index contributed by atoms with van der Waals surface area (Å²) < 4.78 is 10.5. The molecule has 1 aromatic heterocycles. The number of methoxy groups -OCH3 is 1. The highest BCUT2D eigenvalue weighted by Gasteiger charge is 2.14. The highest BCUT2D eigenvalue weighted by atomic mass is 16.5. The van der Waals surface area contributed by atoms with Crippen LogP contribution in [0.4, 0.5) is 0 Å². The van der Waals surface area contributed by atoms with E-state index in [0.29, 0.717) is 18.0 Å². The van der Waals surface area contributed by atoms with Gasteiger partial charge in [0.25, 0.3) is 0 Å². The summed E-state index contributed by atoms with van der Waals surface area (Å²) in [5.74, 6) is 1.45. The van der Waals surface area contributed by atoms with Gasteiger partial charge < -0.3 is 14.6 Å². The van der Waals surface area contributed by atoms with Crippen LogP contribution in [0.25, 0.3) is 0 Å². The Morgan fingerprint density at radius 2 is 2.24 bits per heavy atom. The molecule has 0 radical (unpaired) electrons. The smallest absolute Gasteiger partial charge is 0.216 e. The van der Waals surface area contributed by atoms with Gasteiger partial charge in [0, 0.05) is 12.5 Å². The fourth-order valence-corrected chi connectivity index (χ4v) is 2.49. The van der Waals surface area contributed by atoms with Gasteiger partial charge in [-0.15, -0.1) is 0 Å². The van der Waals surface area contributed by atoms with Crippen LogP contribution >= 0.6 is 0 Å². The van der Waals surface area contributed by atoms with Crippen molar-refractivity contribution in [1.29, 1.82) is 0 Å². The highest BCUT2D eigenvalue weighted by Crippen LogP contribution is 2.27. The van der Waals surface area contributed by atoms with Gasteiger partial charge in [-0.1, -0.05) is 12.1 Å². The second-order valence-corrected chi connectivity index (χ2v) is 5.08. The molecule has 1 atom stereocenters. The number of hydrogen-bond donors (Lipinski definition) is 1. The van der Waals surface area contributed by atoms with Crippen molar-refractivity contribution in [2.75, 3.05) is 13.7 Å². The molecule has 0 saturated carbocycles. The SMILES string of the molecule is COc1cc(C(O)CCc2ccc3c(c2)CCO3)ncn1. The zero-order chi connectivity index (χ0) is 14.7. The van der Waals surface area contributed by atoms with E-state index in [9.17, 15) is 5.11 Å². The Hall–Kier alpha value is -2.14. The molecule has 110 valence electrons. The standard InChI is InChI=1S/C16H18N2O3/c1-20-16-9-13(17-10-18-16)14(19)4-2-11-3-5-15-12(8-11)6-7-21-15/h3,5,8-10,14,19H,2,4,6-7H2,1H3. The summed E-state index contributed by atoms with van der Waals surface area (Å²) in [6.07, 6.45) is 3.16. The summed E-state index contributed by atoms with van der Waals surface area (Å²) in [6.45, 7) is 0.766. The molecule has 2 aromatic rings. The number of aromatic nitrogens is 2. The number of aryl methyl sites for hydroxylation is 1. The van der Waals surface area contributed by atoms with Gasteiger partial charge in [-0.05, 0) is 30.0 Å². The molecule has 0 fully saturated rings. The Morgan fingerprint density at radius 1 is 1.33 bits per heavy atom. The van der Waals surface area contributed by atoms with Crippen LogP contribution in [0.2, 0.25) is 0 Å². The molecule has 2 heterocycles. The molecule has 1 aliphatic rings. The van der Waals surface area contributed by atoms with Gasteiger partial charge in [0.15, 0.2) is 0 Å². The molecule has 5 nitrogen and oxygen atoms in total. The highest BCUT2D eigenvalue weighted by molar-refractivity contribution is 5.39. The minimum absolute atomic E-state index is 0.466. The monoisotopic (exact) mass is 286 g/mol. The van der Waals surface area contributed by atoms with Crippen LogP contribution in [0.3, 0.4) is 0 Å². The van der Waals surface area contributed by atoms with Crippen LogP contribution < -0.4 is 9.47 Å². The molecule has 21 heavy (non-hydrogen) atoms. The number of nitrogens with zero attached hydrogens (tertiary/aromatic N) is 2. The van der Waals surface area contributed by atoms with Crippen molar-refractivity contribution in [2.24, 2.45) is 0 Å². The van der Waals surface area contributed by atoms with Gasteiger partial charge in [0.2, 0.25) is 5.88 Å². The molecule has 0 bridgehead atoms. The predicted molar refractivity (Wildman–Crippen MR) is 77.5 cm³/mol. The maximum absolute atomic E-state index is 10.2. The first-order valence-electron chi connectivity index (χ1n) is 7.05. The summed E-state index contributed by atoms with van der Waals surface area (Å²) in [7, 11) is 1.55. The third-order valence-electron chi connectivity index (χ3n) is 3.67. The molecule has 1 unspecified atom stereocenters. The summed E-state index contributed by atoms with van der Waals surface area (Å²) in [5, 5.41) is 10.2. The minimum atomic E-state index is -0.619. The van der Waals surface area contributed by atoms with Gasteiger partial charge in [0.1, 0.15) is 12.1 Å². The fraction of sp³-hybridized carbons (Fsp3) is 0.375. The zero-order valence-electron chi connectivity index (χ0n) is 12.0. The van der Waals surface area contributed by atoms with E-state index in [4.69, 9.17) is 9.47 Å². The summed E-state index contributed by atoms with van der Waals surface area (Å²) in [6, 6.07) is 7.89. The lowest BCUT2D eigenvalue weighted by Crippen LogP contribution is -2.03. The van der Waals surface area contributed by atoms with Crippen molar-refractivity contribution in [3.05, 3.63) is 47.4 Å². The van der Waals surface area contributed by atoms with Crippen LogP contribution in [0.1, 0.15) is 29.3 Å². The van der Waals surface area contributed by atoms with E-state index in [-0.39, 0.29) is 0 Å². The van der Waals surface area contributed by atoms with Crippen molar-refractivity contribution >= 4 is 0 Å². The third-order valence-corrected chi connectivity index (χ3v) is 3.67. The summed E-state index contributed by atoms with van der Waals surface area (Å²) >= 11 is 0. The van der Waals surface area contributed by atoms with Crippen molar-refractivity contribution in [3.63, 3.8) is 0 Å². The Bertz CT molecular complexity index is 631. The molecule has 0 aliphatic carbocycles. The van der Waals surface area contributed by atoms with E-state index in [1.54, 1.807) is 13.2 Å². The fourth-order valence-electron chi connectivity index (χ4n) is 2.49. The second-order valence-electron chi connectivity index (χ2n) is 5.08. The Morgan fingerprint density at radius 3 is 3.10 bits per heavy atom. The Kier molecular flexibility index (Phi) is 4.01. The summed E-state index contributed by atoms with van der Waals surface area (Å²) in [4.78, 5) is 8.04. The number of aliphatic hydroxyl groups is 1. The van der Waals surface area contributed by atoms with Gasteiger partial charge >= 0.3 is 0 Å². The zero-order valence-corrected chi connectivity index (χ0v) is 12.0. The molecule has 0 spiro atoms. The van der Waals surface area contributed by atoms with E-state index in [1.165, 1.54) is 17.5 Å². The van der Waals surface area contributed by atoms with Gasteiger partial charge in [0.05, 0.1) is 25.5 Å². The average Bonchev–Trinajstić information content (AvgIpc) is 3.00. The normalized spacial score (nSPS) is 14.4. The molecule has 0 saturated heterocycles. The first-order valence-corrected chi connectivity index (χ1v) is 7.05. The van der Waals surface area contributed by atoms with E-state index >= 15 is 0 Å². The molecule has 0 amide bonds. The molecule has 1 N–H and O–H groups in total. The quantitative estimate of drug-likeness (QED) is 0.911. The van der Waals surface area contributed by atoms with E-state index in [1.807, 2.05) is 6.07 Å².